The molecule has 1 fully saturated rings. The van der Waals surface area contributed by atoms with Gasteiger partial charge in [-0.25, -0.2) is 0 Å². The molecule has 142 valence electrons. The summed E-state index contributed by atoms with van der Waals surface area (Å²) in [5, 5.41) is 6.77. The average Bonchev–Trinajstić information content (AvgIpc) is 2.56. The van der Waals surface area contributed by atoms with Crippen LogP contribution in [0.15, 0.2) is 4.99 Å². The molecule has 6 nitrogen and oxygen atoms in total. The van der Waals surface area contributed by atoms with E-state index >= 15 is 0 Å². The predicted molar refractivity (Wildman–Crippen MR) is 103 cm³/mol. The summed E-state index contributed by atoms with van der Waals surface area (Å²) in [4.78, 5) is 9.85. The van der Waals surface area contributed by atoms with Crippen molar-refractivity contribution in [1.29, 1.82) is 0 Å². The first-order valence-electron chi connectivity index (χ1n) is 9.61. The summed E-state index contributed by atoms with van der Waals surface area (Å²) in [6.45, 7) is 17.6. The lowest BCUT2D eigenvalue weighted by Crippen LogP contribution is -2.52. The van der Waals surface area contributed by atoms with E-state index in [2.05, 4.69) is 48.3 Å². The molecule has 1 aliphatic heterocycles. The third-order valence-electron chi connectivity index (χ3n) is 4.52. The van der Waals surface area contributed by atoms with Gasteiger partial charge in [-0.3, -0.25) is 9.89 Å². The topological polar surface area (TPSA) is 52.1 Å². The maximum atomic E-state index is 5.38. The van der Waals surface area contributed by atoms with Crippen molar-refractivity contribution in [3.63, 3.8) is 0 Å². The number of hydrogen-bond donors (Lipinski definition) is 2. The van der Waals surface area contributed by atoms with E-state index in [0.717, 1.165) is 71.4 Å². The van der Waals surface area contributed by atoms with Crippen LogP contribution in [0.25, 0.3) is 0 Å². The lowest BCUT2D eigenvalue weighted by atomic mass is 10.0. The lowest BCUT2D eigenvalue weighted by Gasteiger charge is -2.39. The van der Waals surface area contributed by atoms with Crippen LogP contribution in [0, 0.1) is 5.92 Å². The normalized spacial score (nSPS) is 18.8. The van der Waals surface area contributed by atoms with E-state index < -0.39 is 0 Å². The Balaban J connectivity index is 2.50. The van der Waals surface area contributed by atoms with Crippen LogP contribution in [0.2, 0.25) is 0 Å². The van der Waals surface area contributed by atoms with E-state index in [4.69, 9.17) is 9.73 Å². The standard InChI is InChI=1S/C18H39N5O/c1-6-19-18(20-9-8-14-24-7-2)21-15-17(16(3)4)23-12-10-22(5)11-13-23/h16-17H,6-15H2,1-5H3,(H2,19,20,21). The number of guanidine groups is 1. The maximum Gasteiger partial charge on any atom is 0.191 e. The van der Waals surface area contributed by atoms with E-state index in [0.29, 0.717) is 12.0 Å². The molecular weight excluding hydrogens is 302 g/mol. The van der Waals surface area contributed by atoms with E-state index in [1.807, 2.05) is 6.92 Å². The fourth-order valence-corrected chi connectivity index (χ4v) is 2.95. The van der Waals surface area contributed by atoms with Crippen molar-refractivity contribution in [2.24, 2.45) is 10.9 Å². The molecule has 6 heteroatoms. The Morgan fingerprint density at radius 3 is 2.42 bits per heavy atom. The van der Waals surface area contributed by atoms with Crippen LogP contribution in [-0.4, -0.2) is 87.9 Å². The first-order chi connectivity index (χ1) is 11.6. The van der Waals surface area contributed by atoms with E-state index in [9.17, 15) is 0 Å². The monoisotopic (exact) mass is 341 g/mol. The molecule has 24 heavy (non-hydrogen) atoms. The molecule has 0 aromatic carbocycles. The number of piperazine rings is 1. The van der Waals surface area contributed by atoms with Gasteiger partial charge in [-0.1, -0.05) is 13.8 Å². The van der Waals surface area contributed by atoms with Gasteiger partial charge in [-0.15, -0.1) is 0 Å². The summed E-state index contributed by atoms with van der Waals surface area (Å²) in [7, 11) is 2.20. The average molecular weight is 342 g/mol. The summed E-state index contributed by atoms with van der Waals surface area (Å²) >= 11 is 0. The zero-order chi connectivity index (χ0) is 17.8. The van der Waals surface area contributed by atoms with Crippen LogP contribution in [0.4, 0.5) is 0 Å². The lowest BCUT2D eigenvalue weighted by molar-refractivity contribution is 0.0925. The van der Waals surface area contributed by atoms with Gasteiger partial charge in [0.25, 0.3) is 0 Å². The summed E-state index contributed by atoms with van der Waals surface area (Å²) in [5.41, 5.74) is 0. The second-order valence-corrected chi connectivity index (χ2v) is 6.85. The Hall–Kier alpha value is -0.850. The molecule has 2 N–H and O–H groups in total. The molecule has 0 aromatic heterocycles. The molecule has 0 amide bonds. The number of likely N-dealkylation sites (N-methyl/N-ethyl adjacent to an activating group) is 1. The van der Waals surface area contributed by atoms with E-state index in [-0.39, 0.29) is 0 Å². The minimum atomic E-state index is 0.512. The van der Waals surface area contributed by atoms with Crippen molar-refractivity contribution in [2.75, 3.05) is 66.1 Å². The molecule has 1 unspecified atom stereocenters. The summed E-state index contributed by atoms with van der Waals surface area (Å²) < 4.78 is 5.38. The molecule has 0 spiro atoms. The highest BCUT2D eigenvalue weighted by Gasteiger charge is 2.24. The van der Waals surface area contributed by atoms with Crippen molar-refractivity contribution >= 4 is 5.96 Å². The largest absolute Gasteiger partial charge is 0.382 e. The van der Waals surface area contributed by atoms with Gasteiger partial charge in [0.2, 0.25) is 0 Å². The van der Waals surface area contributed by atoms with Crippen molar-refractivity contribution in [1.82, 2.24) is 20.4 Å². The SMILES string of the molecule is CCNC(=NCC(C(C)C)N1CCN(C)CC1)NCCCOCC. The van der Waals surface area contributed by atoms with E-state index in [1.54, 1.807) is 0 Å². The second kappa shape index (κ2) is 12.5. The fraction of sp³-hybridized carbons (Fsp3) is 0.944. The quantitative estimate of drug-likeness (QED) is 0.356. The Morgan fingerprint density at radius 2 is 1.83 bits per heavy atom. The molecule has 1 atom stereocenters. The summed E-state index contributed by atoms with van der Waals surface area (Å²) in [6, 6.07) is 0.512. The number of nitrogens with zero attached hydrogens (tertiary/aromatic N) is 3. The number of ether oxygens (including phenoxy) is 1. The molecule has 1 saturated heterocycles. The van der Waals surface area contributed by atoms with Crippen LogP contribution in [-0.2, 0) is 4.74 Å². The van der Waals surface area contributed by atoms with Gasteiger partial charge < -0.3 is 20.3 Å². The number of rotatable bonds is 10. The highest BCUT2D eigenvalue weighted by atomic mass is 16.5. The van der Waals surface area contributed by atoms with Crippen molar-refractivity contribution in [2.45, 2.75) is 40.2 Å². The Labute approximate surface area is 149 Å². The second-order valence-electron chi connectivity index (χ2n) is 6.85. The number of hydrogen-bond acceptors (Lipinski definition) is 4. The zero-order valence-electron chi connectivity index (χ0n) is 16.5. The molecule has 0 aliphatic carbocycles. The van der Waals surface area contributed by atoms with Gasteiger partial charge in [0, 0.05) is 58.5 Å². The van der Waals surface area contributed by atoms with Gasteiger partial charge in [-0.2, -0.15) is 0 Å². The Bertz CT molecular complexity index is 340. The number of nitrogens with one attached hydrogen (secondary N) is 2. The minimum Gasteiger partial charge on any atom is -0.382 e. The molecule has 1 heterocycles. The molecule has 0 bridgehead atoms. The molecule has 1 rings (SSSR count). The molecule has 0 aromatic rings. The van der Waals surface area contributed by atoms with Gasteiger partial charge >= 0.3 is 0 Å². The van der Waals surface area contributed by atoms with Crippen LogP contribution < -0.4 is 10.6 Å². The van der Waals surface area contributed by atoms with Crippen LogP contribution in [0.1, 0.15) is 34.1 Å². The van der Waals surface area contributed by atoms with E-state index in [1.165, 1.54) is 0 Å². The zero-order valence-corrected chi connectivity index (χ0v) is 16.5. The third kappa shape index (κ3) is 8.31. The van der Waals surface area contributed by atoms with Gasteiger partial charge in [-0.05, 0) is 33.2 Å². The van der Waals surface area contributed by atoms with Crippen molar-refractivity contribution in [3.05, 3.63) is 0 Å². The highest BCUT2D eigenvalue weighted by Crippen LogP contribution is 2.13. The van der Waals surface area contributed by atoms with Crippen LogP contribution in [0.5, 0.6) is 0 Å². The summed E-state index contributed by atoms with van der Waals surface area (Å²) in [5.74, 6) is 1.53. The maximum absolute atomic E-state index is 5.38. The third-order valence-corrected chi connectivity index (χ3v) is 4.52. The molecule has 1 aliphatic rings. The Kier molecular flexibility index (Phi) is 11.0. The van der Waals surface area contributed by atoms with Gasteiger partial charge in [0.1, 0.15) is 0 Å². The predicted octanol–water partition coefficient (Wildman–Crippen LogP) is 1.24. The molecular formula is C18H39N5O. The minimum absolute atomic E-state index is 0.512. The van der Waals surface area contributed by atoms with Crippen LogP contribution in [0.3, 0.4) is 0 Å². The van der Waals surface area contributed by atoms with Crippen molar-refractivity contribution in [3.8, 4) is 0 Å². The highest BCUT2D eigenvalue weighted by molar-refractivity contribution is 5.79. The van der Waals surface area contributed by atoms with Gasteiger partial charge in [0.05, 0.1) is 6.54 Å². The fourth-order valence-electron chi connectivity index (χ4n) is 2.95. The van der Waals surface area contributed by atoms with Gasteiger partial charge in [0.15, 0.2) is 5.96 Å². The molecule has 0 saturated carbocycles. The summed E-state index contributed by atoms with van der Waals surface area (Å²) in [6.07, 6.45) is 1.00. The number of aliphatic imine (C=N–C) groups is 1. The van der Waals surface area contributed by atoms with Crippen LogP contribution >= 0.6 is 0 Å². The Morgan fingerprint density at radius 1 is 1.12 bits per heavy atom. The first-order valence-corrected chi connectivity index (χ1v) is 9.61. The molecule has 0 radical (unpaired) electrons. The first kappa shape index (κ1) is 21.2. The smallest absolute Gasteiger partial charge is 0.191 e. The van der Waals surface area contributed by atoms with Crippen molar-refractivity contribution < 1.29 is 4.74 Å².